The van der Waals surface area contributed by atoms with Gasteiger partial charge in [0.05, 0.1) is 30.0 Å². The smallest absolute Gasteiger partial charge is 0.194 e. The molecule has 0 saturated carbocycles. The molecule has 0 aliphatic carbocycles. The molecule has 2 aromatic heterocycles. The SMILES string of the molecule is CCNC(=NCC(O)CS(=O)(=O)c1cccs1)N(C)Cc1cc(Cl)cn1C.I. The van der Waals surface area contributed by atoms with Gasteiger partial charge in [-0.3, -0.25) is 4.99 Å². The quantitative estimate of drug-likeness (QED) is 0.295. The highest BCUT2D eigenvalue weighted by Crippen LogP contribution is 2.18. The number of nitrogens with zero attached hydrogens (tertiary/aromatic N) is 3. The molecule has 2 heterocycles. The maximum absolute atomic E-state index is 12.2. The summed E-state index contributed by atoms with van der Waals surface area (Å²) in [5.41, 5.74) is 1.01. The maximum atomic E-state index is 12.2. The van der Waals surface area contributed by atoms with Crippen LogP contribution in [0.15, 0.2) is 39.0 Å². The zero-order chi connectivity index (χ0) is 20.0. The molecule has 2 aromatic rings. The summed E-state index contributed by atoms with van der Waals surface area (Å²) in [6.45, 7) is 3.16. The van der Waals surface area contributed by atoms with Gasteiger partial charge >= 0.3 is 0 Å². The van der Waals surface area contributed by atoms with Crippen LogP contribution in [0.4, 0.5) is 0 Å². The minimum Gasteiger partial charge on any atom is -0.390 e. The largest absolute Gasteiger partial charge is 0.390 e. The highest BCUT2D eigenvalue weighted by molar-refractivity contribution is 14.0. The molecule has 0 spiro atoms. The van der Waals surface area contributed by atoms with Crippen molar-refractivity contribution < 1.29 is 13.5 Å². The van der Waals surface area contributed by atoms with Crippen LogP contribution in [0.1, 0.15) is 12.6 Å². The van der Waals surface area contributed by atoms with Crippen LogP contribution in [0, 0.1) is 0 Å². The van der Waals surface area contributed by atoms with Crippen LogP contribution in [0.25, 0.3) is 0 Å². The van der Waals surface area contributed by atoms with E-state index in [2.05, 4.69) is 10.3 Å². The molecule has 0 saturated heterocycles. The molecule has 11 heteroatoms. The zero-order valence-corrected chi connectivity index (χ0v) is 20.7. The van der Waals surface area contributed by atoms with E-state index in [0.29, 0.717) is 24.1 Å². The van der Waals surface area contributed by atoms with Crippen LogP contribution in [0.3, 0.4) is 0 Å². The Morgan fingerprint density at radius 3 is 2.75 bits per heavy atom. The third kappa shape index (κ3) is 7.21. The van der Waals surface area contributed by atoms with Gasteiger partial charge in [-0.05, 0) is 24.4 Å². The molecule has 2 rings (SSSR count). The van der Waals surface area contributed by atoms with Gasteiger partial charge in [0.1, 0.15) is 4.21 Å². The number of hydrogen-bond donors (Lipinski definition) is 2. The molecule has 0 fully saturated rings. The molecular weight excluding hydrogens is 535 g/mol. The molecule has 0 aromatic carbocycles. The van der Waals surface area contributed by atoms with Crippen LogP contribution in [0.5, 0.6) is 0 Å². The molecule has 28 heavy (non-hydrogen) atoms. The topological polar surface area (TPSA) is 86.9 Å². The van der Waals surface area contributed by atoms with Crippen molar-refractivity contribution in [1.82, 2.24) is 14.8 Å². The van der Waals surface area contributed by atoms with Gasteiger partial charge in [-0.15, -0.1) is 35.3 Å². The normalized spacial score (nSPS) is 13.1. The Balaban J connectivity index is 0.00000392. The van der Waals surface area contributed by atoms with Crippen LogP contribution in [-0.2, 0) is 23.4 Å². The van der Waals surface area contributed by atoms with E-state index >= 15 is 0 Å². The summed E-state index contributed by atoms with van der Waals surface area (Å²) in [5.74, 6) is 0.232. The molecule has 0 amide bonds. The second-order valence-corrected chi connectivity index (χ2v) is 9.82. The van der Waals surface area contributed by atoms with Crippen LogP contribution in [0.2, 0.25) is 5.02 Å². The van der Waals surface area contributed by atoms with Crippen molar-refractivity contribution in [3.63, 3.8) is 0 Å². The standard InChI is InChI=1S/C17H25ClN4O3S2.HI/c1-4-19-17(22(3)11-14-8-13(18)10-21(14)2)20-9-15(23)12-27(24,25)16-6-5-7-26-16;/h5-8,10,15,23H,4,9,11-12H2,1-3H3,(H,19,20);1H. The number of guanidine groups is 1. The van der Waals surface area contributed by atoms with E-state index in [9.17, 15) is 13.5 Å². The van der Waals surface area contributed by atoms with E-state index in [1.54, 1.807) is 17.5 Å². The molecule has 1 atom stereocenters. The van der Waals surface area contributed by atoms with Crippen molar-refractivity contribution in [3.05, 3.63) is 40.5 Å². The third-order valence-corrected chi connectivity index (χ3v) is 7.33. The predicted molar refractivity (Wildman–Crippen MR) is 126 cm³/mol. The molecule has 0 aliphatic rings. The summed E-state index contributed by atoms with van der Waals surface area (Å²) in [4.78, 5) is 6.29. The summed E-state index contributed by atoms with van der Waals surface area (Å²) in [5, 5.41) is 15.7. The molecule has 2 N–H and O–H groups in total. The van der Waals surface area contributed by atoms with Crippen LogP contribution >= 0.6 is 46.9 Å². The lowest BCUT2D eigenvalue weighted by Gasteiger charge is -2.22. The van der Waals surface area contributed by atoms with Gasteiger partial charge < -0.3 is 19.9 Å². The number of rotatable bonds is 8. The Kier molecular flexibility index (Phi) is 10.3. The van der Waals surface area contributed by atoms with E-state index in [4.69, 9.17) is 11.6 Å². The highest BCUT2D eigenvalue weighted by Gasteiger charge is 2.21. The zero-order valence-electron chi connectivity index (χ0n) is 16.0. The fourth-order valence-corrected chi connectivity index (χ4v) is 5.27. The molecule has 0 radical (unpaired) electrons. The van der Waals surface area contributed by atoms with Crippen molar-refractivity contribution in [1.29, 1.82) is 0 Å². The molecule has 7 nitrogen and oxygen atoms in total. The second kappa shape index (κ2) is 11.4. The number of thiophene rings is 1. The second-order valence-electron chi connectivity index (χ2n) is 6.18. The van der Waals surface area contributed by atoms with Gasteiger partial charge in [0.15, 0.2) is 15.8 Å². The van der Waals surface area contributed by atoms with Gasteiger partial charge in [-0.25, -0.2) is 8.42 Å². The van der Waals surface area contributed by atoms with E-state index in [0.717, 1.165) is 17.0 Å². The van der Waals surface area contributed by atoms with Gasteiger partial charge in [0, 0.05) is 32.5 Å². The summed E-state index contributed by atoms with van der Waals surface area (Å²) in [6, 6.07) is 5.10. The lowest BCUT2D eigenvalue weighted by molar-refractivity contribution is 0.205. The number of aliphatic imine (C=N–C) groups is 1. The number of hydrogen-bond acceptors (Lipinski definition) is 5. The number of nitrogens with one attached hydrogen (secondary N) is 1. The van der Waals surface area contributed by atoms with Gasteiger partial charge in [0.25, 0.3) is 0 Å². The lowest BCUT2D eigenvalue weighted by atomic mass is 10.4. The Labute approximate surface area is 192 Å². The number of sulfone groups is 1. The number of halogens is 2. The first-order valence-corrected chi connectivity index (χ1v) is 11.4. The minimum atomic E-state index is -3.50. The van der Waals surface area contributed by atoms with Crippen molar-refractivity contribution in [2.75, 3.05) is 25.9 Å². The van der Waals surface area contributed by atoms with Gasteiger partial charge in [0.2, 0.25) is 0 Å². The summed E-state index contributed by atoms with van der Waals surface area (Å²) < 4.78 is 26.7. The third-order valence-electron chi connectivity index (χ3n) is 3.84. The molecule has 0 aliphatic heterocycles. The molecule has 0 bridgehead atoms. The minimum absolute atomic E-state index is 0. The number of aromatic nitrogens is 1. The summed E-state index contributed by atoms with van der Waals surface area (Å²) in [6.07, 6.45) is 0.747. The predicted octanol–water partition coefficient (Wildman–Crippen LogP) is 2.59. The number of aliphatic hydroxyl groups excluding tert-OH is 1. The fourth-order valence-electron chi connectivity index (χ4n) is 2.53. The Bertz CT molecular complexity index is 869. The average Bonchev–Trinajstić information content (AvgIpc) is 3.21. The van der Waals surface area contributed by atoms with Crippen molar-refractivity contribution in [2.45, 2.75) is 23.8 Å². The van der Waals surface area contributed by atoms with E-state index < -0.39 is 15.9 Å². The van der Waals surface area contributed by atoms with Crippen molar-refractivity contribution in [3.8, 4) is 0 Å². The molecular formula is C17H26ClIN4O3S2. The monoisotopic (exact) mass is 560 g/mol. The van der Waals surface area contributed by atoms with E-state index in [1.807, 2.05) is 42.7 Å². The number of aryl methyl sites for hydroxylation is 1. The molecule has 158 valence electrons. The van der Waals surface area contributed by atoms with Crippen molar-refractivity contribution >= 4 is 62.7 Å². The Morgan fingerprint density at radius 2 is 2.21 bits per heavy atom. The van der Waals surface area contributed by atoms with Gasteiger partial charge in [-0.2, -0.15) is 0 Å². The van der Waals surface area contributed by atoms with E-state index in [1.165, 1.54) is 0 Å². The first-order valence-electron chi connectivity index (χ1n) is 8.47. The first kappa shape index (κ1) is 25.2. The highest BCUT2D eigenvalue weighted by atomic mass is 127. The van der Waals surface area contributed by atoms with Gasteiger partial charge in [-0.1, -0.05) is 17.7 Å². The maximum Gasteiger partial charge on any atom is 0.194 e. The van der Waals surface area contributed by atoms with Crippen molar-refractivity contribution in [2.24, 2.45) is 12.0 Å². The van der Waals surface area contributed by atoms with Crippen LogP contribution in [-0.4, -0.2) is 60.9 Å². The Morgan fingerprint density at radius 1 is 1.50 bits per heavy atom. The fraction of sp³-hybridized carbons (Fsp3) is 0.471. The summed E-state index contributed by atoms with van der Waals surface area (Å²) in [7, 11) is 0.286. The average molecular weight is 561 g/mol. The summed E-state index contributed by atoms with van der Waals surface area (Å²) >= 11 is 7.17. The first-order chi connectivity index (χ1) is 12.7. The van der Waals surface area contributed by atoms with Crippen LogP contribution < -0.4 is 5.32 Å². The van der Waals surface area contributed by atoms with E-state index in [-0.39, 0.29) is 40.5 Å². The lowest BCUT2D eigenvalue weighted by Crippen LogP contribution is -2.39. The Hall–Kier alpha value is -0.820. The molecule has 1 unspecified atom stereocenters. The number of aliphatic hydroxyl groups is 1.